The molecule has 1 rings (SSSR count). The molecule has 0 saturated heterocycles. The Hall–Kier alpha value is -0.910. The van der Waals surface area contributed by atoms with Gasteiger partial charge in [-0.15, -0.1) is 0 Å². The minimum absolute atomic E-state index is 0.343. The van der Waals surface area contributed by atoms with Gasteiger partial charge in [0.25, 0.3) is 16.5 Å². The molecular formula is C7H6ClNO3S. The average Bonchev–Trinajstić information content (AvgIpc) is 2.04. The van der Waals surface area contributed by atoms with E-state index >= 15 is 0 Å². The minimum atomic E-state index is -2.10. The van der Waals surface area contributed by atoms with E-state index in [4.69, 9.17) is 16.2 Å². The largest absolute Gasteiger partial charge is 0.289 e. The maximum absolute atomic E-state index is 10.6. The van der Waals surface area contributed by atoms with Crippen molar-refractivity contribution in [1.29, 1.82) is 0 Å². The van der Waals surface area contributed by atoms with Crippen LogP contribution in [0.15, 0.2) is 24.3 Å². The lowest BCUT2D eigenvalue weighted by Gasteiger charge is -2.00. The summed E-state index contributed by atoms with van der Waals surface area (Å²) >= 11 is 3.09. The van der Waals surface area contributed by atoms with Crippen LogP contribution in [0.2, 0.25) is 0 Å². The highest BCUT2D eigenvalue weighted by Crippen LogP contribution is 2.11. The van der Waals surface area contributed by atoms with Crippen molar-refractivity contribution in [2.75, 3.05) is 4.72 Å². The smallest absolute Gasteiger partial charge is 0.259 e. The minimum Gasteiger partial charge on any atom is -0.289 e. The molecule has 70 valence electrons. The molecule has 0 fully saturated rings. The molecule has 0 saturated carbocycles. The zero-order valence-corrected chi connectivity index (χ0v) is 7.93. The molecule has 1 unspecified atom stereocenters. The second-order valence-electron chi connectivity index (χ2n) is 2.20. The zero-order chi connectivity index (χ0) is 9.84. The summed E-state index contributed by atoms with van der Waals surface area (Å²) in [6, 6.07) is 5.91. The highest BCUT2D eigenvalue weighted by Gasteiger charge is 2.01. The van der Waals surface area contributed by atoms with Gasteiger partial charge in [0, 0.05) is 11.3 Å². The van der Waals surface area contributed by atoms with Crippen LogP contribution in [0.3, 0.4) is 0 Å². The summed E-state index contributed by atoms with van der Waals surface area (Å²) < 4.78 is 21.0. The van der Waals surface area contributed by atoms with Crippen LogP contribution in [-0.4, -0.2) is 14.0 Å². The first-order valence-electron chi connectivity index (χ1n) is 3.27. The second kappa shape index (κ2) is 4.36. The van der Waals surface area contributed by atoms with E-state index in [2.05, 4.69) is 4.72 Å². The topological polar surface area (TPSA) is 66.4 Å². The third-order valence-corrected chi connectivity index (χ3v) is 1.95. The van der Waals surface area contributed by atoms with Crippen molar-refractivity contribution in [2.24, 2.45) is 0 Å². The Kier molecular flexibility index (Phi) is 3.41. The fourth-order valence-electron chi connectivity index (χ4n) is 0.770. The molecular weight excluding hydrogens is 214 g/mol. The van der Waals surface area contributed by atoms with E-state index in [9.17, 15) is 9.00 Å². The van der Waals surface area contributed by atoms with E-state index in [1.165, 1.54) is 24.3 Å². The number of nitrogens with one attached hydrogen (secondary N) is 1. The Morgan fingerprint density at radius 1 is 1.38 bits per heavy atom. The Morgan fingerprint density at radius 2 is 1.92 bits per heavy atom. The molecule has 6 heteroatoms. The van der Waals surface area contributed by atoms with Crippen LogP contribution in [0.5, 0.6) is 0 Å². The van der Waals surface area contributed by atoms with Crippen LogP contribution >= 0.6 is 11.6 Å². The molecule has 0 aliphatic carbocycles. The summed E-state index contributed by atoms with van der Waals surface area (Å²) in [5, 5.41) is -0.559. The molecule has 0 bridgehead atoms. The van der Waals surface area contributed by atoms with Gasteiger partial charge in [0.15, 0.2) is 0 Å². The Morgan fingerprint density at radius 3 is 2.31 bits per heavy atom. The van der Waals surface area contributed by atoms with Gasteiger partial charge in [-0.25, -0.2) is 4.21 Å². The molecule has 4 nitrogen and oxygen atoms in total. The molecule has 2 N–H and O–H groups in total. The third-order valence-electron chi connectivity index (χ3n) is 1.32. The molecule has 0 aliphatic heterocycles. The van der Waals surface area contributed by atoms with Gasteiger partial charge < -0.3 is 0 Å². The first-order valence-corrected chi connectivity index (χ1v) is 4.75. The summed E-state index contributed by atoms with van der Waals surface area (Å²) in [5.74, 6) is 0. The molecule has 13 heavy (non-hydrogen) atoms. The zero-order valence-electron chi connectivity index (χ0n) is 6.36. The molecule has 0 aliphatic rings. The Bertz CT molecular complexity index is 338. The number of hydrogen-bond acceptors (Lipinski definition) is 2. The van der Waals surface area contributed by atoms with Crippen LogP contribution in [-0.2, 0) is 11.3 Å². The molecule has 0 amide bonds. The number of rotatable bonds is 3. The van der Waals surface area contributed by atoms with E-state index < -0.39 is 16.5 Å². The monoisotopic (exact) mass is 219 g/mol. The number of benzene rings is 1. The SMILES string of the molecule is O=C(Cl)c1ccc(NS(=O)O)cc1. The van der Waals surface area contributed by atoms with Crippen molar-refractivity contribution in [2.45, 2.75) is 0 Å². The van der Waals surface area contributed by atoms with Gasteiger partial charge in [-0.2, -0.15) is 0 Å². The predicted octanol–water partition coefficient (Wildman–Crippen LogP) is 1.61. The van der Waals surface area contributed by atoms with Crippen LogP contribution in [0.25, 0.3) is 0 Å². The Labute approximate surface area is 82.3 Å². The van der Waals surface area contributed by atoms with Crippen LogP contribution in [0.1, 0.15) is 10.4 Å². The maximum Gasteiger partial charge on any atom is 0.259 e. The van der Waals surface area contributed by atoms with Crippen molar-refractivity contribution in [3.05, 3.63) is 29.8 Å². The van der Waals surface area contributed by atoms with Crippen molar-refractivity contribution >= 4 is 33.8 Å². The van der Waals surface area contributed by atoms with Gasteiger partial charge in [-0.05, 0) is 35.9 Å². The van der Waals surface area contributed by atoms with E-state index in [1.807, 2.05) is 0 Å². The van der Waals surface area contributed by atoms with E-state index in [0.717, 1.165) is 0 Å². The fourth-order valence-corrected chi connectivity index (χ4v) is 1.23. The quantitative estimate of drug-likeness (QED) is 0.600. The van der Waals surface area contributed by atoms with Crippen molar-refractivity contribution in [1.82, 2.24) is 0 Å². The summed E-state index contributed by atoms with van der Waals surface area (Å²) in [7, 11) is 0. The standard InChI is InChI=1S/C7H6ClNO3S/c8-7(10)5-1-3-6(4-2-5)9-13(11)12/h1-4,9H,(H,11,12). The lowest BCUT2D eigenvalue weighted by molar-refractivity contribution is 0.108. The number of carbonyl (C=O) groups excluding carboxylic acids is 1. The highest BCUT2D eigenvalue weighted by molar-refractivity contribution is 7.80. The summed E-state index contributed by atoms with van der Waals surface area (Å²) in [5.41, 5.74) is 0.790. The number of carbonyl (C=O) groups is 1. The molecule has 1 aromatic carbocycles. The first kappa shape index (κ1) is 10.2. The third kappa shape index (κ3) is 3.14. The number of halogens is 1. The van der Waals surface area contributed by atoms with Gasteiger partial charge in [-0.1, -0.05) is 0 Å². The van der Waals surface area contributed by atoms with E-state index in [-0.39, 0.29) is 0 Å². The van der Waals surface area contributed by atoms with Crippen molar-refractivity contribution in [3.63, 3.8) is 0 Å². The van der Waals surface area contributed by atoms with Gasteiger partial charge in [0.05, 0.1) is 0 Å². The van der Waals surface area contributed by atoms with Crippen molar-refractivity contribution in [3.8, 4) is 0 Å². The predicted molar refractivity (Wildman–Crippen MR) is 51.0 cm³/mol. The second-order valence-corrected chi connectivity index (χ2v) is 3.25. The summed E-state index contributed by atoms with van der Waals surface area (Å²) in [4.78, 5) is 10.6. The number of hydrogen-bond donors (Lipinski definition) is 2. The normalized spacial score (nSPS) is 12.2. The summed E-state index contributed by atoms with van der Waals surface area (Å²) in [6.45, 7) is 0. The van der Waals surface area contributed by atoms with E-state index in [1.54, 1.807) is 0 Å². The highest BCUT2D eigenvalue weighted by atomic mass is 35.5. The molecule has 0 aromatic heterocycles. The fraction of sp³-hybridized carbons (Fsp3) is 0. The molecule has 1 atom stereocenters. The average molecular weight is 220 g/mol. The van der Waals surface area contributed by atoms with Crippen LogP contribution in [0, 0.1) is 0 Å². The molecule has 0 radical (unpaired) electrons. The maximum atomic E-state index is 10.6. The lowest BCUT2D eigenvalue weighted by Crippen LogP contribution is -2.01. The molecule has 1 aromatic rings. The molecule has 0 heterocycles. The van der Waals surface area contributed by atoms with Crippen molar-refractivity contribution < 1.29 is 13.6 Å². The molecule has 0 spiro atoms. The summed E-state index contributed by atoms with van der Waals surface area (Å²) in [6.07, 6.45) is 0. The van der Waals surface area contributed by atoms with Gasteiger partial charge >= 0.3 is 0 Å². The number of anilines is 1. The van der Waals surface area contributed by atoms with E-state index in [0.29, 0.717) is 11.3 Å². The lowest BCUT2D eigenvalue weighted by atomic mass is 10.2. The van der Waals surface area contributed by atoms with Gasteiger partial charge in [0.2, 0.25) is 0 Å². The van der Waals surface area contributed by atoms with Crippen LogP contribution < -0.4 is 4.72 Å². The van der Waals surface area contributed by atoms with Crippen LogP contribution in [0.4, 0.5) is 5.69 Å². The first-order chi connectivity index (χ1) is 6.09. The van der Waals surface area contributed by atoms with Gasteiger partial charge in [0.1, 0.15) is 0 Å². The Balaban J connectivity index is 2.81. The van der Waals surface area contributed by atoms with Gasteiger partial charge in [-0.3, -0.25) is 14.1 Å².